The van der Waals surface area contributed by atoms with Crippen LogP contribution in [0.4, 0.5) is 0 Å². The fourth-order valence-corrected chi connectivity index (χ4v) is 2.96. The van der Waals surface area contributed by atoms with Crippen LogP contribution in [-0.4, -0.2) is 10.2 Å². The lowest BCUT2D eigenvalue weighted by molar-refractivity contribution is 0.435. The summed E-state index contributed by atoms with van der Waals surface area (Å²) in [7, 11) is 0. The molecule has 0 aromatic heterocycles. The Kier molecular flexibility index (Phi) is 10.6. The minimum absolute atomic E-state index is 0.225. The van der Waals surface area contributed by atoms with Crippen LogP contribution in [0.15, 0.2) is 18.2 Å². The molecule has 0 radical (unpaired) electrons. The summed E-state index contributed by atoms with van der Waals surface area (Å²) in [6.07, 6.45) is 16.7. The van der Waals surface area contributed by atoms with E-state index in [1.807, 2.05) is 0 Å². The smallest absolute Gasteiger partial charge is 0.122 e. The molecule has 0 aliphatic carbocycles. The zero-order valence-corrected chi connectivity index (χ0v) is 14.3. The lowest BCUT2D eigenvalue weighted by Crippen LogP contribution is -1.88. The molecule has 0 aliphatic rings. The van der Waals surface area contributed by atoms with Crippen LogP contribution in [-0.2, 0) is 6.42 Å². The molecule has 0 saturated heterocycles. The molecule has 1 aromatic rings. The third kappa shape index (κ3) is 8.31. The van der Waals surface area contributed by atoms with Gasteiger partial charge in [0.05, 0.1) is 0 Å². The van der Waals surface area contributed by atoms with Crippen molar-refractivity contribution in [2.75, 3.05) is 0 Å². The summed E-state index contributed by atoms with van der Waals surface area (Å²) < 4.78 is 0. The van der Waals surface area contributed by atoms with Gasteiger partial charge in [-0.3, -0.25) is 0 Å². The van der Waals surface area contributed by atoms with Crippen molar-refractivity contribution >= 4 is 0 Å². The van der Waals surface area contributed by atoms with E-state index >= 15 is 0 Å². The maximum Gasteiger partial charge on any atom is 0.122 e. The molecule has 1 aromatic carbocycles. The molecule has 0 heterocycles. The van der Waals surface area contributed by atoms with Gasteiger partial charge in [0.15, 0.2) is 0 Å². The van der Waals surface area contributed by atoms with E-state index in [2.05, 4.69) is 6.92 Å². The van der Waals surface area contributed by atoms with Gasteiger partial charge in [-0.15, -0.1) is 0 Å². The average Bonchev–Trinajstić information content (AvgIpc) is 2.51. The zero-order chi connectivity index (χ0) is 16.0. The van der Waals surface area contributed by atoms with E-state index < -0.39 is 0 Å². The highest BCUT2D eigenvalue weighted by Gasteiger charge is 2.05. The summed E-state index contributed by atoms with van der Waals surface area (Å²) in [4.78, 5) is 0. The van der Waals surface area contributed by atoms with Gasteiger partial charge in [-0.05, 0) is 25.0 Å². The van der Waals surface area contributed by atoms with Gasteiger partial charge in [0, 0.05) is 5.56 Å². The van der Waals surface area contributed by atoms with Crippen molar-refractivity contribution in [3.63, 3.8) is 0 Å². The van der Waals surface area contributed by atoms with Crippen molar-refractivity contribution in [1.29, 1.82) is 0 Å². The SMILES string of the molecule is CCCCCCCCCCCCCCc1c(O)cccc1O. The van der Waals surface area contributed by atoms with Crippen LogP contribution in [0.1, 0.15) is 89.5 Å². The lowest BCUT2D eigenvalue weighted by Gasteiger charge is -2.07. The molecule has 126 valence electrons. The minimum atomic E-state index is 0.225. The number of hydrogen-bond acceptors (Lipinski definition) is 2. The van der Waals surface area contributed by atoms with E-state index in [9.17, 15) is 10.2 Å². The second-order valence-electron chi connectivity index (χ2n) is 6.41. The second-order valence-corrected chi connectivity index (χ2v) is 6.41. The first-order valence-electron chi connectivity index (χ1n) is 9.25. The van der Waals surface area contributed by atoms with Crippen LogP contribution in [0.25, 0.3) is 0 Å². The first-order valence-corrected chi connectivity index (χ1v) is 9.25. The number of benzene rings is 1. The van der Waals surface area contributed by atoms with Crippen molar-refractivity contribution in [3.05, 3.63) is 23.8 Å². The summed E-state index contributed by atoms with van der Waals surface area (Å²) in [5, 5.41) is 19.4. The number of unbranched alkanes of at least 4 members (excludes halogenated alkanes) is 11. The zero-order valence-electron chi connectivity index (χ0n) is 14.3. The Morgan fingerprint density at radius 3 is 1.50 bits per heavy atom. The first-order chi connectivity index (χ1) is 10.8. The van der Waals surface area contributed by atoms with Crippen molar-refractivity contribution in [2.45, 2.75) is 90.4 Å². The molecule has 0 spiro atoms. The quantitative estimate of drug-likeness (QED) is 0.417. The van der Waals surface area contributed by atoms with Gasteiger partial charge in [0.2, 0.25) is 0 Å². The molecule has 22 heavy (non-hydrogen) atoms. The Bertz CT molecular complexity index is 367. The molecule has 0 aliphatic heterocycles. The Balaban J connectivity index is 1.92. The van der Waals surface area contributed by atoms with Crippen LogP contribution in [0.2, 0.25) is 0 Å². The monoisotopic (exact) mass is 306 g/mol. The fraction of sp³-hybridized carbons (Fsp3) is 0.700. The predicted octanol–water partition coefficient (Wildman–Crippen LogP) is 6.34. The molecule has 0 amide bonds. The maximum absolute atomic E-state index is 9.71. The molecule has 0 saturated carbocycles. The van der Waals surface area contributed by atoms with Gasteiger partial charge in [-0.1, -0.05) is 83.6 Å². The normalized spacial score (nSPS) is 11.0. The van der Waals surface area contributed by atoms with E-state index in [1.54, 1.807) is 18.2 Å². The molecule has 0 atom stereocenters. The van der Waals surface area contributed by atoms with E-state index in [-0.39, 0.29) is 11.5 Å². The highest BCUT2D eigenvalue weighted by molar-refractivity contribution is 5.42. The molecule has 1 rings (SSSR count). The molecule has 2 nitrogen and oxygen atoms in total. The number of phenols is 2. The molecular weight excluding hydrogens is 272 g/mol. The summed E-state index contributed by atoms with van der Waals surface area (Å²) in [6, 6.07) is 4.97. The van der Waals surface area contributed by atoms with Crippen LogP contribution in [0.3, 0.4) is 0 Å². The largest absolute Gasteiger partial charge is 0.508 e. The third-order valence-electron chi connectivity index (χ3n) is 4.41. The second kappa shape index (κ2) is 12.4. The summed E-state index contributed by atoms with van der Waals surface area (Å²) in [5.41, 5.74) is 0.703. The first kappa shape index (κ1) is 18.9. The van der Waals surface area contributed by atoms with E-state index in [0.29, 0.717) is 5.56 Å². The highest BCUT2D eigenvalue weighted by Crippen LogP contribution is 2.28. The van der Waals surface area contributed by atoms with Crippen molar-refractivity contribution in [2.24, 2.45) is 0 Å². The standard InChI is InChI=1S/C20H34O2/c1-2-3-4-5-6-7-8-9-10-11-12-13-15-18-19(21)16-14-17-20(18)22/h14,16-17,21-22H,2-13,15H2,1H3. The number of aromatic hydroxyl groups is 2. The molecular formula is C20H34O2. The average molecular weight is 306 g/mol. The highest BCUT2D eigenvalue weighted by atomic mass is 16.3. The Labute approximate surface area is 136 Å². The summed E-state index contributed by atoms with van der Waals surface area (Å²) in [5.74, 6) is 0.450. The Hall–Kier alpha value is -1.18. The van der Waals surface area contributed by atoms with Gasteiger partial charge < -0.3 is 10.2 Å². The van der Waals surface area contributed by atoms with Crippen molar-refractivity contribution in [1.82, 2.24) is 0 Å². The van der Waals surface area contributed by atoms with Crippen molar-refractivity contribution in [3.8, 4) is 11.5 Å². The molecule has 0 fully saturated rings. The van der Waals surface area contributed by atoms with Crippen LogP contribution in [0.5, 0.6) is 11.5 Å². The Morgan fingerprint density at radius 2 is 1.05 bits per heavy atom. The van der Waals surface area contributed by atoms with Crippen LogP contribution >= 0.6 is 0 Å². The predicted molar refractivity (Wildman–Crippen MR) is 94.6 cm³/mol. The molecule has 0 unspecified atom stereocenters. The fourth-order valence-electron chi connectivity index (χ4n) is 2.96. The third-order valence-corrected chi connectivity index (χ3v) is 4.41. The maximum atomic E-state index is 9.71. The molecule has 2 heteroatoms. The Morgan fingerprint density at radius 1 is 0.636 bits per heavy atom. The van der Waals surface area contributed by atoms with Gasteiger partial charge >= 0.3 is 0 Å². The topological polar surface area (TPSA) is 40.5 Å². The lowest BCUT2D eigenvalue weighted by atomic mass is 10.0. The van der Waals surface area contributed by atoms with Crippen LogP contribution < -0.4 is 0 Å². The van der Waals surface area contributed by atoms with E-state index in [1.165, 1.54) is 70.6 Å². The number of phenolic OH excluding ortho intramolecular Hbond substituents is 2. The minimum Gasteiger partial charge on any atom is -0.508 e. The van der Waals surface area contributed by atoms with Crippen molar-refractivity contribution < 1.29 is 10.2 Å². The van der Waals surface area contributed by atoms with Gasteiger partial charge in [0.25, 0.3) is 0 Å². The molecule has 2 N–H and O–H groups in total. The number of rotatable bonds is 13. The number of hydrogen-bond donors (Lipinski definition) is 2. The van der Waals surface area contributed by atoms with E-state index in [0.717, 1.165) is 12.8 Å². The van der Waals surface area contributed by atoms with Gasteiger partial charge in [-0.2, -0.15) is 0 Å². The summed E-state index contributed by atoms with van der Waals surface area (Å²) >= 11 is 0. The van der Waals surface area contributed by atoms with E-state index in [4.69, 9.17) is 0 Å². The van der Waals surface area contributed by atoms with Crippen LogP contribution in [0, 0.1) is 0 Å². The van der Waals surface area contributed by atoms with Gasteiger partial charge in [0.1, 0.15) is 11.5 Å². The summed E-state index contributed by atoms with van der Waals surface area (Å²) in [6.45, 7) is 2.26. The molecule has 0 bridgehead atoms. The van der Waals surface area contributed by atoms with Gasteiger partial charge in [-0.25, -0.2) is 0 Å².